The minimum Gasteiger partial charge on any atom is -0.497 e. The Morgan fingerprint density at radius 1 is 1.25 bits per heavy atom. The van der Waals surface area contributed by atoms with Gasteiger partial charge in [-0.2, -0.15) is 5.10 Å². The smallest absolute Gasteiger partial charge is 0.191 e. The van der Waals surface area contributed by atoms with Gasteiger partial charge in [-0.05, 0) is 48.6 Å². The molecule has 0 spiro atoms. The Balaban J connectivity index is 1.91. The number of methoxy groups -OCH3 is 1. The van der Waals surface area contributed by atoms with Gasteiger partial charge in [0.05, 0.1) is 13.3 Å². The van der Waals surface area contributed by atoms with Crippen LogP contribution in [0, 0.1) is 12.3 Å². The topological polar surface area (TPSA) is 54.9 Å². The van der Waals surface area contributed by atoms with E-state index in [0.717, 1.165) is 17.0 Å². The third kappa shape index (κ3) is 5.30. The molecule has 0 aliphatic rings. The van der Waals surface area contributed by atoms with Gasteiger partial charge in [0.2, 0.25) is 0 Å². The van der Waals surface area contributed by atoms with Crippen LogP contribution in [0.25, 0.3) is 0 Å². The van der Waals surface area contributed by atoms with E-state index >= 15 is 0 Å². The summed E-state index contributed by atoms with van der Waals surface area (Å²) in [6.07, 6.45) is 6.82. The molecule has 0 aliphatic heterocycles. The van der Waals surface area contributed by atoms with Gasteiger partial charge in [0.1, 0.15) is 18.1 Å². The Kier molecular flexibility index (Phi) is 6.62. The maximum absolute atomic E-state index is 5.45. The lowest BCUT2D eigenvalue weighted by molar-refractivity contribution is 0.370. The molecule has 0 atom stereocenters. The molecule has 0 saturated heterocycles. The standard InChI is InChI=1S/C18H17N3O2S/c1-3-12-23-17-7-5-4-6-14(17)13-19-21-18(24)20-15-8-10-16(22-2)11-9-15/h1,4-11,13H,12H2,2H3,(H2,20,21,24)/b19-13-. The van der Waals surface area contributed by atoms with Crippen LogP contribution in [0.4, 0.5) is 5.69 Å². The van der Waals surface area contributed by atoms with E-state index in [9.17, 15) is 0 Å². The molecule has 2 rings (SSSR count). The second-order valence-electron chi connectivity index (χ2n) is 4.58. The maximum Gasteiger partial charge on any atom is 0.191 e. The van der Waals surface area contributed by atoms with Crippen LogP contribution < -0.4 is 20.2 Å². The van der Waals surface area contributed by atoms with E-state index in [1.165, 1.54) is 0 Å². The number of terminal acetylenes is 1. The highest BCUT2D eigenvalue weighted by Crippen LogP contribution is 2.16. The second-order valence-corrected chi connectivity index (χ2v) is 4.99. The molecule has 6 heteroatoms. The summed E-state index contributed by atoms with van der Waals surface area (Å²) in [5.74, 6) is 3.87. The van der Waals surface area contributed by atoms with Gasteiger partial charge in [0.15, 0.2) is 5.11 Å². The third-order valence-electron chi connectivity index (χ3n) is 2.95. The highest BCUT2D eigenvalue weighted by atomic mass is 32.1. The van der Waals surface area contributed by atoms with Crippen molar-refractivity contribution in [1.82, 2.24) is 5.43 Å². The molecule has 2 aromatic carbocycles. The number of nitrogens with zero attached hydrogens (tertiary/aromatic N) is 1. The first-order chi connectivity index (χ1) is 11.7. The maximum atomic E-state index is 5.45. The Bertz CT molecular complexity index is 752. The van der Waals surface area contributed by atoms with Crippen molar-refractivity contribution in [1.29, 1.82) is 0 Å². The van der Waals surface area contributed by atoms with Crippen molar-refractivity contribution >= 4 is 29.2 Å². The van der Waals surface area contributed by atoms with Crippen LogP contribution in [-0.2, 0) is 0 Å². The zero-order valence-corrected chi connectivity index (χ0v) is 14.0. The summed E-state index contributed by atoms with van der Waals surface area (Å²) in [5.41, 5.74) is 4.39. The first-order valence-electron chi connectivity index (χ1n) is 7.12. The number of hydrogen-bond donors (Lipinski definition) is 2. The van der Waals surface area contributed by atoms with Gasteiger partial charge in [-0.1, -0.05) is 18.1 Å². The average Bonchev–Trinajstić information content (AvgIpc) is 2.61. The Labute approximate surface area is 146 Å². The third-order valence-corrected chi connectivity index (χ3v) is 3.14. The number of ether oxygens (including phenoxy) is 2. The number of para-hydroxylation sites is 1. The largest absolute Gasteiger partial charge is 0.497 e. The molecule has 2 N–H and O–H groups in total. The molecular formula is C18H17N3O2S. The van der Waals surface area contributed by atoms with E-state index in [2.05, 4.69) is 21.8 Å². The molecule has 122 valence electrons. The van der Waals surface area contributed by atoms with Crippen molar-refractivity contribution in [3.63, 3.8) is 0 Å². The van der Waals surface area contributed by atoms with Crippen LogP contribution in [0.15, 0.2) is 53.6 Å². The summed E-state index contributed by atoms with van der Waals surface area (Å²) in [6, 6.07) is 14.9. The van der Waals surface area contributed by atoms with Crippen LogP contribution in [0.3, 0.4) is 0 Å². The van der Waals surface area contributed by atoms with E-state index in [0.29, 0.717) is 10.9 Å². The number of hydrazone groups is 1. The lowest BCUT2D eigenvalue weighted by Gasteiger charge is -2.08. The molecule has 0 heterocycles. The minimum absolute atomic E-state index is 0.204. The van der Waals surface area contributed by atoms with E-state index in [1.807, 2.05) is 48.5 Å². The highest BCUT2D eigenvalue weighted by molar-refractivity contribution is 7.80. The van der Waals surface area contributed by atoms with E-state index in [1.54, 1.807) is 13.3 Å². The molecule has 0 fully saturated rings. The number of hydrogen-bond acceptors (Lipinski definition) is 4. The molecule has 0 bridgehead atoms. The van der Waals surface area contributed by atoms with Crippen LogP contribution in [-0.4, -0.2) is 25.0 Å². The Morgan fingerprint density at radius 3 is 2.71 bits per heavy atom. The fraction of sp³-hybridized carbons (Fsp3) is 0.111. The number of anilines is 1. The van der Waals surface area contributed by atoms with Gasteiger partial charge in [-0.25, -0.2) is 0 Å². The zero-order valence-electron chi connectivity index (χ0n) is 13.2. The summed E-state index contributed by atoms with van der Waals surface area (Å²) in [5, 5.41) is 7.50. The van der Waals surface area contributed by atoms with Crippen LogP contribution in [0.5, 0.6) is 11.5 Å². The van der Waals surface area contributed by atoms with Gasteiger partial charge in [-0.3, -0.25) is 5.43 Å². The Hall–Kier alpha value is -3.04. The molecule has 5 nitrogen and oxygen atoms in total. The molecule has 0 aliphatic carbocycles. The molecule has 24 heavy (non-hydrogen) atoms. The first-order valence-corrected chi connectivity index (χ1v) is 7.53. The zero-order chi connectivity index (χ0) is 17.2. The number of nitrogens with one attached hydrogen (secondary N) is 2. The highest BCUT2D eigenvalue weighted by Gasteiger charge is 2.00. The van der Waals surface area contributed by atoms with Crippen LogP contribution in [0.1, 0.15) is 5.56 Å². The molecule has 0 saturated carbocycles. The predicted molar refractivity (Wildman–Crippen MR) is 101 cm³/mol. The molecule has 0 radical (unpaired) electrons. The normalized spacial score (nSPS) is 10.0. The molecular weight excluding hydrogens is 322 g/mol. The molecule has 0 unspecified atom stereocenters. The van der Waals surface area contributed by atoms with E-state index in [-0.39, 0.29) is 6.61 Å². The van der Waals surface area contributed by atoms with Gasteiger partial charge < -0.3 is 14.8 Å². The lowest BCUT2D eigenvalue weighted by atomic mass is 10.2. The van der Waals surface area contributed by atoms with Crippen molar-refractivity contribution in [2.45, 2.75) is 0 Å². The van der Waals surface area contributed by atoms with Crippen LogP contribution >= 0.6 is 12.2 Å². The predicted octanol–water partition coefficient (Wildman–Crippen LogP) is 3.03. The van der Waals surface area contributed by atoms with Crippen molar-refractivity contribution in [2.24, 2.45) is 5.10 Å². The van der Waals surface area contributed by atoms with Gasteiger partial charge >= 0.3 is 0 Å². The molecule has 2 aromatic rings. The second kappa shape index (κ2) is 9.18. The van der Waals surface area contributed by atoms with Gasteiger partial charge in [0.25, 0.3) is 0 Å². The summed E-state index contributed by atoms with van der Waals surface area (Å²) >= 11 is 5.19. The number of benzene rings is 2. The summed E-state index contributed by atoms with van der Waals surface area (Å²) < 4.78 is 10.5. The fourth-order valence-electron chi connectivity index (χ4n) is 1.83. The molecule has 0 amide bonds. The SMILES string of the molecule is C#CCOc1ccccc1/C=N\NC(=S)Nc1ccc(OC)cc1. The first kappa shape index (κ1) is 17.3. The van der Waals surface area contributed by atoms with E-state index in [4.69, 9.17) is 28.1 Å². The van der Waals surface area contributed by atoms with Crippen molar-refractivity contribution in [2.75, 3.05) is 19.0 Å². The number of thiocarbonyl (C=S) groups is 1. The van der Waals surface area contributed by atoms with Gasteiger partial charge in [-0.15, -0.1) is 6.42 Å². The Morgan fingerprint density at radius 2 is 2.00 bits per heavy atom. The number of rotatable bonds is 6. The van der Waals surface area contributed by atoms with Crippen LogP contribution in [0.2, 0.25) is 0 Å². The lowest BCUT2D eigenvalue weighted by Crippen LogP contribution is -2.23. The quantitative estimate of drug-likeness (QED) is 0.367. The fourth-order valence-corrected chi connectivity index (χ4v) is 2.00. The van der Waals surface area contributed by atoms with Crippen molar-refractivity contribution in [3.8, 4) is 23.8 Å². The van der Waals surface area contributed by atoms with Crippen molar-refractivity contribution < 1.29 is 9.47 Å². The minimum atomic E-state index is 0.204. The summed E-state index contributed by atoms with van der Waals surface area (Å²) in [7, 11) is 1.62. The van der Waals surface area contributed by atoms with E-state index < -0.39 is 0 Å². The summed E-state index contributed by atoms with van der Waals surface area (Å²) in [6.45, 7) is 0.204. The molecule has 0 aromatic heterocycles. The summed E-state index contributed by atoms with van der Waals surface area (Å²) in [4.78, 5) is 0. The van der Waals surface area contributed by atoms with Gasteiger partial charge in [0, 0.05) is 11.3 Å². The average molecular weight is 339 g/mol. The monoisotopic (exact) mass is 339 g/mol. The van der Waals surface area contributed by atoms with Crippen molar-refractivity contribution in [3.05, 3.63) is 54.1 Å².